The van der Waals surface area contributed by atoms with Crippen molar-refractivity contribution in [3.05, 3.63) is 64.7 Å². The topological polar surface area (TPSA) is 35.2 Å². The van der Waals surface area contributed by atoms with Gasteiger partial charge in [0.15, 0.2) is 0 Å². The highest BCUT2D eigenvalue weighted by atomic mass is 16.5. The van der Waals surface area contributed by atoms with Crippen molar-refractivity contribution in [1.82, 2.24) is 0 Å². The van der Waals surface area contributed by atoms with Crippen LogP contribution in [-0.4, -0.2) is 6.61 Å². The third kappa shape index (κ3) is 3.27. The molecule has 2 aromatic carbocycles. The zero-order valence-corrected chi connectivity index (χ0v) is 12.6. The van der Waals surface area contributed by atoms with E-state index in [2.05, 4.69) is 49.4 Å². The average Bonchev–Trinajstić information content (AvgIpc) is 3.00. The van der Waals surface area contributed by atoms with Crippen LogP contribution in [0.5, 0.6) is 5.75 Å². The predicted molar refractivity (Wildman–Crippen MR) is 86.7 cm³/mol. The van der Waals surface area contributed by atoms with Crippen LogP contribution in [0.2, 0.25) is 0 Å². The average molecular weight is 281 g/mol. The quantitative estimate of drug-likeness (QED) is 0.904. The summed E-state index contributed by atoms with van der Waals surface area (Å²) in [5.74, 6) is 0.941. The van der Waals surface area contributed by atoms with Gasteiger partial charge in [-0.2, -0.15) is 0 Å². The van der Waals surface area contributed by atoms with Crippen molar-refractivity contribution < 1.29 is 4.74 Å². The highest BCUT2D eigenvalue weighted by Gasteiger charge is 2.12. The van der Waals surface area contributed by atoms with Crippen molar-refractivity contribution in [2.45, 2.75) is 38.6 Å². The molecule has 2 aromatic rings. The van der Waals surface area contributed by atoms with Crippen LogP contribution < -0.4 is 10.5 Å². The minimum Gasteiger partial charge on any atom is -0.492 e. The highest BCUT2D eigenvalue weighted by molar-refractivity contribution is 5.38. The molecule has 21 heavy (non-hydrogen) atoms. The standard InChI is InChI=1S/C19H23NO/c1-2-14-6-8-16(9-7-14)19(20)13-21-18-11-10-15-4-3-5-17(15)12-18/h6-12,19H,2-5,13,20H2,1H3. The lowest BCUT2D eigenvalue weighted by Gasteiger charge is -2.14. The Morgan fingerprint density at radius 3 is 2.57 bits per heavy atom. The summed E-state index contributed by atoms with van der Waals surface area (Å²) < 4.78 is 5.88. The molecular weight excluding hydrogens is 258 g/mol. The van der Waals surface area contributed by atoms with Crippen molar-refractivity contribution in [2.24, 2.45) is 5.73 Å². The van der Waals surface area contributed by atoms with Gasteiger partial charge in [-0.25, -0.2) is 0 Å². The molecular formula is C19H23NO. The summed E-state index contributed by atoms with van der Waals surface area (Å²) in [7, 11) is 0. The summed E-state index contributed by atoms with van der Waals surface area (Å²) >= 11 is 0. The monoisotopic (exact) mass is 281 g/mol. The molecule has 0 radical (unpaired) electrons. The van der Waals surface area contributed by atoms with Crippen LogP contribution in [0.25, 0.3) is 0 Å². The molecule has 0 aliphatic heterocycles. The maximum atomic E-state index is 6.22. The number of hydrogen-bond donors (Lipinski definition) is 1. The molecule has 3 rings (SSSR count). The van der Waals surface area contributed by atoms with Crippen molar-refractivity contribution >= 4 is 0 Å². The first-order valence-corrected chi connectivity index (χ1v) is 7.85. The fourth-order valence-corrected chi connectivity index (χ4v) is 2.92. The lowest BCUT2D eigenvalue weighted by atomic mass is 10.1. The molecule has 2 nitrogen and oxygen atoms in total. The SMILES string of the molecule is CCc1ccc(C(N)COc2ccc3c(c2)CCC3)cc1. The van der Waals surface area contributed by atoms with Crippen molar-refractivity contribution in [1.29, 1.82) is 0 Å². The Morgan fingerprint density at radius 1 is 1.05 bits per heavy atom. The molecule has 0 heterocycles. The Kier molecular flexibility index (Phi) is 4.26. The Labute approximate surface area is 126 Å². The van der Waals surface area contributed by atoms with Gasteiger partial charge in [0.1, 0.15) is 12.4 Å². The van der Waals surface area contributed by atoms with Gasteiger partial charge in [-0.15, -0.1) is 0 Å². The van der Waals surface area contributed by atoms with Crippen LogP contribution in [0, 0.1) is 0 Å². The zero-order chi connectivity index (χ0) is 14.7. The molecule has 0 saturated carbocycles. The molecule has 0 fully saturated rings. The van der Waals surface area contributed by atoms with E-state index in [1.54, 1.807) is 0 Å². The van der Waals surface area contributed by atoms with Crippen molar-refractivity contribution in [3.8, 4) is 5.75 Å². The Morgan fingerprint density at radius 2 is 1.81 bits per heavy atom. The third-order valence-corrected chi connectivity index (χ3v) is 4.32. The van der Waals surface area contributed by atoms with Crippen molar-refractivity contribution in [2.75, 3.05) is 6.61 Å². The molecule has 0 spiro atoms. The molecule has 0 saturated heterocycles. The summed E-state index contributed by atoms with van der Waals surface area (Å²) in [4.78, 5) is 0. The second kappa shape index (κ2) is 6.31. The maximum Gasteiger partial charge on any atom is 0.119 e. The first-order chi connectivity index (χ1) is 10.3. The van der Waals surface area contributed by atoms with E-state index in [0.29, 0.717) is 6.61 Å². The van der Waals surface area contributed by atoms with E-state index in [4.69, 9.17) is 10.5 Å². The van der Waals surface area contributed by atoms with E-state index in [1.807, 2.05) is 0 Å². The number of rotatable bonds is 5. The van der Waals surface area contributed by atoms with Gasteiger partial charge in [0, 0.05) is 0 Å². The van der Waals surface area contributed by atoms with Crippen LogP contribution in [0.1, 0.15) is 41.6 Å². The van der Waals surface area contributed by atoms with Gasteiger partial charge in [0.05, 0.1) is 6.04 Å². The van der Waals surface area contributed by atoms with Gasteiger partial charge in [0.25, 0.3) is 0 Å². The first kappa shape index (κ1) is 14.2. The van der Waals surface area contributed by atoms with Crippen LogP contribution in [-0.2, 0) is 19.3 Å². The second-order valence-corrected chi connectivity index (χ2v) is 5.80. The normalized spacial score (nSPS) is 14.8. The Bertz CT molecular complexity index is 603. The molecule has 0 bridgehead atoms. The van der Waals surface area contributed by atoms with Gasteiger partial charge in [0.2, 0.25) is 0 Å². The number of aryl methyl sites for hydroxylation is 3. The fraction of sp³-hybridized carbons (Fsp3) is 0.368. The van der Waals surface area contributed by atoms with Crippen LogP contribution >= 0.6 is 0 Å². The molecule has 1 atom stereocenters. The molecule has 1 aliphatic carbocycles. The number of nitrogens with two attached hydrogens (primary N) is 1. The maximum absolute atomic E-state index is 6.22. The summed E-state index contributed by atoms with van der Waals surface area (Å²) in [5, 5.41) is 0. The molecule has 2 N–H and O–H groups in total. The van der Waals surface area contributed by atoms with Crippen LogP contribution in [0.4, 0.5) is 0 Å². The fourth-order valence-electron chi connectivity index (χ4n) is 2.92. The minimum absolute atomic E-state index is 0.0795. The summed E-state index contributed by atoms with van der Waals surface area (Å²) in [6, 6.07) is 14.9. The van der Waals surface area contributed by atoms with E-state index in [9.17, 15) is 0 Å². The van der Waals surface area contributed by atoms with E-state index in [0.717, 1.165) is 17.7 Å². The zero-order valence-electron chi connectivity index (χ0n) is 12.6. The first-order valence-electron chi connectivity index (χ1n) is 7.85. The van der Waals surface area contributed by atoms with E-state index in [1.165, 1.54) is 36.0 Å². The number of ether oxygens (including phenoxy) is 1. The largest absolute Gasteiger partial charge is 0.492 e. The van der Waals surface area contributed by atoms with Gasteiger partial charge >= 0.3 is 0 Å². The van der Waals surface area contributed by atoms with Crippen LogP contribution in [0.15, 0.2) is 42.5 Å². The van der Waals surface area contributed by atoms with Crippen molar-refractivity contribution in [3.63, 3.8) is 0 Å². The summed E-state index contributed by atoms with van der Waals surface area (Å²) in [6.07, 6.45) is 4.71. The lowest BCUT2D eigenvalue weighted by molar-refractivity contribution is 0.290. The summed E-state index contributed by atoms with van der Waals surface area (Å²) in [5.41, 5.74) is 11.6. The lowest BCUT2D eigenvalue weighted by Crippen LogP contribution is -2.19. The van der Waals surface area contributed by atoms with E-state index in [-0.39, 0.29) is 6.04 Å². The van der Waals surface area contributed by atoms with Gasteiger partial charge in [-0.05, 0) is 60.1 Å². The predicted octanol–water partition coefficient (Wildman–Crippen LogP) is 3.82. The number of benzene rings is 2. The Hall–Kier alpha value is -1.80. The number of fused-ring (bicyclic) bond motifs is 1. The highest BCUT2D eigenvalue weighted by Crippen LogP contribution is 2.26. The third-order valence-electron chi connectivity index (χ3n) is 4.32. The number of hydrogen-bond acceptors (Lipinski definition) is 2. The molecule has 2 heteroatoms. The van der Waals surface area contributed by atoms with Gasteiger partial charge in [-0.1, -0.05) is 37.3 Å². The molecule has 0 amide bonds. The van der Waals surface area contributed by atoms with Gasteiger partial charge < -0.3 is 10.5 Å². The van der Waals surface area contributed by atoms with Crippen LogP contribution in [0.3, 0.4) is 0 Å². The summed E-state index contributed by atoms with van der Waals surface area (Å²) in [6.45, 7) is 2.68. The smallest absolute Gasteiger partial charge is 0.119 e. The molecule has 1 aliphatic rings. The minimum atomic E-state index is -0.0795. The van der Waals surface area contributed by atoms with E-state index >= 15 is 0 Å². The molecule has 0 aromatic heterocycles. The van der Waals surface area contributed by atoms with Gasteiger partial charge in [-0.3, -0.25) is 0 Å². The second-order valence-electron chi connectivity index (χ2n) is 5.80. The Balaban J connectivity index is 1.61. The van der Waals surface area contributed by atoms with E-state index < -0.39 is 0 Å². The molecule has 110 valence electrons. The molecule has 1 unspecified atom stereocenters.